The second-order valence-corrected chi connectivity index (χ2v) is 2.35. The van der Waals surface area contributed by atoms with Crippen LogP contribution in [0.1, 0.15) is 6.92 Å². The van der Waals surface area contributed by atoms with Gasteiger partial charge in [0, 0.05) is 13.2 Å². The molecule has 5 heteroatoms. The molecule has 0 bridgehead atoms. The van der Waals surface area contributed by atoms with Crippen molar-refractivity contribution in [2.24, 2.45) is 0 Å². The van der Waals surface area contributed by atoms with E-state index in [1.165, 1.54) is 0 Å². The zero-order valence-corrected chi connectivity index (χ0v) is 7.46. The Morgan fingerprint density at radius 3 is 2.77 bits per heavy atom. The van der Waals surface area contributed by atoms with Gasteiger partial charge in [0.05, 0.1) is 19.0 Å². The normalized spacial score (nSPS) is 10.0. The molecule has 4 nitrogen and oxygen atoms in total. The minimum absolute atomic E-state index is 0.418. The van der Waals surface area contributed by atoms with Gasteiger partial charge in [0.1, 0.15) is 0 Å². The fourth-order valence-electron chi connectivity index (χ4n) is 0.783. The fraction of sp³-hybridized carbons (Fsp3) is 0.500. The Hall–Kier alpha value is -1.23. The van der Waals surface area contributed by atoms with Crippen LogP contribution in [-0.2, 0) is 4.74 Å². The summed E-state index contributed by atoms with van der Waals surface area (Å²) in [6, 6.07) is 0. The largest absolute Gasteiger partial charge is 0.380 e. The standard InChI is InChI=1S/C8H12FN3O/c1-2-13-4-3-10-8-11-5-7(9)6-12-8/h5-6H,2-4H2,1H3,(H,10,11,12). The Morgan fingerprint density at radius 2 is 2.15 bits per heavy atom. The minimum Gasteiger partial charge on any atom is -0.380 e. The molecule has 72 valence electrons. The van der Waals surface area contributed by atoms with Crippen LogP contribution >= 0.6 is 0 Å². The molecule has 0 atom stereocenters. The molecule has 1 aromatic rings. The average Bonchev–Trinajstić information content (AvgIpc) is 2.15. The number of anilines is 1. The lowest BCUT2D eigenvalue weighted by atomic mass is 10.6. The van der Waals surface area contributed by atoms with Crippen molar-refractivity contribution in [1.82, 2.24) is 9.97 Å². The smallest absolute Gasteiger partial charge is 0.222 e. The molecular formula is C8H12FN3O. The molecule has 0 radical (unpaired) electrons. The number of rotatable bonds is 5. The predicted octanol–water partition coefficient (Wildman–Crippen LogP) is 1.06. The van der Waals surface area contributed by atoms with Crippen molar-refractivity contribution in [3.63, 3.8) is 0 Å². The maximum absolute atomic E-state index is 12.4. The van der Waals surface area contributed by atoms with E-state index in [0.717, 1.165) is 12.4 Å². The fourth-order valence-corrected chi connectivity index (χ4v) is 0.783. The molecule has 0 aromatic carbocycles. The van der Waals surface area contributed by atoms with Crippen molar-refractivity contribution >= 4 is 5.95 Å². The highest BCUT2D eigenvalue weighted by Crippen LogP contribution is 1.96. The number of nitrogens with one attached hydrogen (secondary N) is 1. The molecule has 0 amide bonds. The van der Waals surface area contributed by atoms with Gasteiger partial charge in [-0.1, -0.05) is 0 Å². The van der Waals surface area contributed by atoms with E-state index in [4.69, 9.17) is 4.74 Å². The highest BCUT2D eigenvalue weighted by atomic mass is 19.1. The summed E-state index contributed by atoms with van der Waals surface area (Å²) >= 11 is 0. The number of hydrogen-bond donors (Lipinski definition) is 1. The van der Waals surface area contributed by atoms with Crippen LogP contribution in [0.4, 0.5) is 10.3 Å². The van der Waals surface area contributed by atoms with Gasteiger partial charge in [0.15, 0.2) is 5.82 Å². The Morgan fingerprint density at radius 1 is 1.46 bits per heavy atom. The van der Waals surface area contributed by atoms with E-state index in [2.05, 4.69) is 15.3 Å². The summed E-state index contributed by atoms with van der Waals surface area (Å²) in [6.07, 6.45) is 2.24. The topological polar surface area (TPSA) is 47.0 Å². The predicted molar refractivity (Wildman–Crippen MR) is 47.0 cm³/mol. The number of aromatic nitrogens is 2. The van der Waals surface area contributed by atoms with Crippen LogP contribution < -0.4 is 5.32 Å². The third-order valence-corrected chi connectivity index (χ3v) is 1.35. The molecule has 0 unspecified atom stereocenters. The van der Waals surface area contributed by atoms with Crippen LogP contribution in [0.15, 0.2) is 12.4 Å². The first-order valence-electron chi connectivity index (χ1n) is 4.12. The van der Waals surface area contributed by atoms with E-state index >= 15 is 0 Å². The third-order valence-electron chi connectivity index (χ3n) is 1.35. The van der Waals surface area contributed by atoms with Gasteiger partial charge in [-0.25, -0.2) is 14.4 Å². The maximum Gasteiger partial charge on any atom is 0.222 e. The van der Waals surface area contributed by atoms with Gasteiger partial charge >= 0.3 is 0 Å². The van der Waals surface area contributed by atoms with Gasteiger partial charge in [0.25, 0.3) is 0 Å². The van der Waals surface area contributed by atoms with E-state index in [-0.39, 0.29) is 0 Å². The molecule has 1 N–H and O–H groups in total. The Labute approximate surface area is 76.2 Å². The van der Waals surface area contributed by atoms with Crippen molar-refractivity contribution in [2.75, 3.05) is 25.1 Å². The summed E-state index contributed by atoms with van der Waals surface area (Å²) in [5, 5.41) is 2.89. The number of nitrogens with zero attached hydrogens (tertiary/aromatic N) is 2. The molecule has 1 heterocycles. The molecule has 0 aliphatic carbocycles. The van der Waals surface area contributed by atoms with Crippen LogP contribution in [0.3, 0.4) is 0 Å². The highest BCUT2D eigenvalue weighted by molar-refractivity contribution is 5.21. The molecule has 0 spiro atoms. The molecule has 0 aliphatic rings. The van der Waals surface area contributed by atoms with Gasteiger partial charge in [-0.2, -0.15) is 0 Å². The lowest BCUT2D eigenvalue weighted by molar-refractivity contribution is 0.158. The Kier molecular flexibility index (Phi) is 4.11. The van der Waals surface area contributed by atoms with Gasteiger partial charge in [0.2, 0.25) is 5.95 Å². The summed E-state index contributed by atoms with van der Waals surface area (Å²) in [5.74, 6) is -0.0172. The molecule has 0 aliphatic heterocycles. The van der Waals surface area contributed by atoms with Crippen LogP contribution in [0.5, 0.6) is 0 Å². The van der Waals surface area contributed by atoms with E-state index in [1.54, 1.807) is 0 Å². The van der Waals surface area contributed by atoms with E-state index in [1.807, 2.05) is 6.92 Å². The molecule has 0 fully saturated rings. The first-order valence-corrected chi connectivity index (χ1v) is 4.12. The van der Waals surface area contributed by atoms with E-state index < -0.39 is 5.82 Å². The molecule has 1 aromatic heterocycles. The van der Waals surface area contributed by atoms with Crippen LogP contribution in [0.25, 0.3) is 0 Å². The summed E-state index contributed by atoms with van der Waals surface area (Å²) in [4.78, 5) is 7.45. The van der Waals surface area contributed by atoms with Gasteiger partial charge in [-0.15, -0.1) is 0 Å². The molecule has 13 heavy (non-hydrogen) atoms. The summed E-state index contributed by atoms with van der Waals surface area (Å²) in [7, 11) is 0. The highest BCUT2D eigenvalue weighted by Gasteiger charge is 1.94. The van der Waals surface area contributed by atoms with Crippen LogP contribution in [-0.4, -0.2) is 29.7 Å². The summed E-state index contributed by atoms with van der Waals surface area (Å²) in [6.45, 7) is 3.83. The summed E-state index contributed by atoms with van der Waals surface area (Å²) in [5.41, 5.74) is 0. The van der Waals surface area contributed by atoms with Gasteiger partial charge < -0.3 is 10.1 Å². The quantitative estimate of drug-likeness (QED) is 0.697. The van der Waals surface area contributed by atoms with Crippen molar-refractivity contribution in [3.05, 3.63) is 18.2 Å². The average molecular weight is 185 g/mol. The van der Waals surface area contributed by atoms with Gasteiger partial charge in [-0.05, 0) is 6.92 Å². The first-order chi connectivity index (χ1) is 6.33. The lowest BCUT2D eigenvalue weighted by Crippen LogP contribution is -2.11. The monoisotopic (exact) mass is 185 g/mol. The molecule has 1 rings (SSSR count). The second kappa shape index (κ2) is 5.42. The number of hydrogen-bond acceptors (Lipinski definition) is 4. The van der Waals surface area contributed by atoms with Crippen molar-refractivity contribution in [2.45, 2.75) is 6.92 Å². The molecular weight excluding hydrogens is 173 g/mol. The van der Waals surface area contributed by atoms with E-state index in [0.29, 0.717) is 25.7 Å². The van der Waals surface area contributed by atoms with Gasteiger partial charge in [-0.3, -0.25) is 0 Å². The number of halogens is 1. The van der Waals surface area contributed by atoms with Crippen molar-refractivity contribution in [3.8, 4) is 0 Å². The van der Waals surface area contributed by atoms with Crippen molar-refractivity contribution < 1.29 is 9.13 Å². The third kappa shape index (κ3) is 3.80. The number of ether oxygens (including phenoxy) is 1. The molecule has 0 saturated carbocycles. The zero-order chi connectivity index (χ0) is 9.52. The van der Waals surface area contributed by atoms with Crippen molar-refractivity contribution in [1.29, 1.82) is 0 Å². The molecule has 0 saturated heterocycles. The Balaban J connectivity index is 2.25. The first kappa shape index (κ1) is 9.85. The second-order valence-electron chi connectivity index (χ2n) is 2.35. The lowest BCUT2D eigenvalue weighted by Gasteiger charge is -2.03. The van der Waals surface area contributed by atoms with Crippen LogP contribution in [0.2, 0.25) is 0 Å². The Bertz CT molecular complexity index is 240. The van der Waals surface area contributed by atoms with Crippen LogP contribution in [0, 0.1) is 5.82 Å². The summed E-state index contributed by atoms with van der Waals surface area (Å²) < 4.78 is 17.4. The maximum atomic E-state index is 12.4. The SMILES string of the molecule is CCOCCNc1ncc(F)cn1. The minimum atomic E-state index is -0.435. The van der Waals surface area contributed by atoms with E-state index in [9.17, 15) is 4.39 Å². The zero-order valence-electron chi connectivity index (χ0n) is 7.46.